The second kappa shape index (κ2) is 9.18. The van der Waals surface area contributed by atoms with Crippen LogP contribution in [0.1, 0.15) is 51.5 Å². The Balaban J connectivity index is 1.36. The number of rotatable bonds is 6. The molecule has 0 atom stereocenters. The van der Waals surface area contributed by atoms with Crippen molar-refractivity contribution in [1.82, 2.24) is 0 Å². The molecule has 2 aromatic rings. The minimum absolute atomic E-state index is 0.0656. The maximum atomic E-state index is 14.2. The molecular weight excluding hydrogens is 411 g/mol. The van der Waals surface area contributed by atoms with Crippen molar-refractivity contribution in [2.45, 2.75) is 58.0 Å². The summed E-state index contributed by atoms with van der Waals surface area (Å²) in [6, 6.07) is 9.74. The van der Waals surface area contributed by atoms with E-state index in [1.165, 1.54) is 18.2 Å². The van der Waals surface area contributed by atoms with Gasteiger partial charge in [-0.2, -0.15) is 0 Å². The van der Waals surface area contributed by atoms with E-state index in [-0.39, 0.29) is 29.7 Å². The predicted octanol–water partition coefficient (Wildman–Crippen LogP) is 5.08. The zero-order chi connectivity index (χ0) is 22.7. The van der Waals surface area contributed by atoms with Crippen LogP contribution in [0.5, 0.6) is 11.5 Å². The molecule has 0 unspecified atom stereocenters. The molecule has 0 spiro atoms. The molecule has 32 heavy (non-hydrogen) atoms. The van der Waals surface area contributed by atoms with Crippen LogP contribution in [0.25, 0.3) is 0 Å². The van der Waals surface area contributed by atoms with Crippen LogP contribution < -0.4 is 20.1 Å². The summed E-state index contributed by atoms with van der Waals surface area (Å²) in [5.74, 6) is -0.00698. The number of anilines is 2. The van der Waals surface area contributed by atoms with Crippen molar-refractivity contribution in [2.24, 2.45) is 5.92 Å². The highest BCUT2D eigenvalue weighted by Crippen LogP contribution is 2.41. The second-order valence-corrected chi connectivity index (χ2v) is 9.14. The van der Waals surface area contributed by atoms with Crippen molar-refractivity contribution >= 4 is 23.2 Å². The van der Waals surface area contributed by atoms with Gasteiger partial charge in [-0.25, -0.2) is 4.39 Å². The van der Waals surface area contributed by atoms with Crippen LogP contribution in [0.15, 0.2) is 36.4 Å². The average molecular weight is 441 g/mol. The lowest BCUT2D eigenvalue weighted by molar-refractivity contribution is -0.120. The lowest BCUT2D eigenvalue weighted by Gasteiger charge is -2.21. The maximum Gasteiger partial charge on any atom is 0.262 e. The first-order valence-electron chi connectivity index (χ1n) is 11.1. The van der Waals surface area contributed by atoms with E-state index in [4.69, 9.17) is 9.47 Å². The van der Waals surface area contributed by atoms with E-state index in [2.05, 4.69) is 10.6 Å². The predicted molar refractivity (Wildman–Crippen MR) is 121 cm³/mol. The Morgan fingerprint density at radius 2 is 1.91 bits per heavy atom. The van der Waals surface area contributed by atoms with Gasteiger partial charge in [0.2, 0.25) is 5.91 Å². The summed E-state index contributed by atoms with van der Waals surface area (Å²) in [5, 5.41) is 5.37. The van der Waals surface area contributed by atoms with E-state index < -0.39 is 11.7 Å². The fourth-order valence-electron chi connectivity index (χ4n) is 4.34. The Morgan fingerprint density at radius 1 is 1.12 bits per heavy atom. The topological polar surface area (TPSA) is 76.7 Å². The van der Waals surface area contributed by atoms with Gasteiger partial charge in [-0.3, -0.25) is 9.59 Å². The zero-order valence-corrected chi connectivity index (χ0v) is 18.5. The fraction of sp³-hybridized carbons (Fsp3) is 0.440. The first-order valence-corrected chi connectivity index (χ1v) is 11.1. The summed E-state index contributed by atoms with van der Waals surface area (Å²) in [7, 11) is 0. The molecule has 0 bridgehead atoms. The summed E-state index contributed by atoms with van der Waals surface area (Å²) in [6.07, 6.45) is 5.60. The van der Waals surface area contributed by atoms with Crippen molar-refractivity contribution in [3.05, 3.63) is 47.8 Å². The molecule has 6 nitrogen and oxygen atoms in total. The van der Waals surface area contributed by atoms with E-state index in [0.717, 1.165) is 44.1 Å². The van der Waals surface area contributed by atoms with Crippen LogP contribution in [0.2, 0.25) is 0 Å². The number of benzene rings is 2. The molecule has 4 rings (SSSR count). The lowest BCUT2D eigenvalue weighted by Crippen LogP contribution is -2.25. The molecule has 0 aromatic heterocycles. The van der Waals surface area contributed by atoms with Gasteiger partial charge in [-0.1, -0.05) is 31.4 Å². The summed E-state index contributed by atoms with van der Waals surface area (Å²) in [6.45, 7) is 3.78. The monoisotopic (exact) mass is 440 g/mol. The number of amides is 2. The van der Waals surface area contributed by atoms with Gasteiger partial charge in [0.1, 0.15) is 11.4 Å². The Bertz CT molecular complexity index is 1010. The molecule has 1 aliphatic heterocycles. The van der Waals surface area contributed by atoms with Crippen LogP contribution in [0.4, 0.5) is 15.8 Å². The van der Waals surface area contributed by atoms with Crippen molar-refractivity contribution in [2.75, 3.05) is 17.2 Å². The number of nitrogens with one attached hydrogen (secondary N) is 2. The lowest BCUT2D eigenvalue weighted by atomic mass is 9.88. The highest BCUT2D eigenvalue weighted by Gasteiger charge is 2.32. The summed E-state index contributed by atoms with van der Waals surface area (Å²) < 4.78 is 25.9. The number of ether oxygens (including phenoxy) is 2. The van der Waals surface area contributed by atoms with Gasteiger partial charge in [0.15, 0.2) is 18.1 Å². The second-order valence-electron chi connectivity index (χ2n) is 9.14. The van der Waals surface area contributed by atoms with Gasteiger partial charge >= 0.3 is 0 Å². The largest absolute Gasteiger partial charge is 0.483 e. The highest BCUT2D eigenvalue weighted by molar-refractivity contribution is 5.95. The molecule has 0 radical (unpaired) electrons. The van der Waals surface area contributed by atoms with Gasteiger partial charge in [0.25, 0.3) is 5.91 Å². The molecule has 0 saturated heterocycles. The molecule has 1 fully saturated rings. The smallest absolute Gasteiger partial charge is 0.262 e. The summed E-state index contributed by atoms with van der Waals surface area (Å²) in [5.41, 5.74) is 1.19. The number of halogens is 1. The minimum atomic E-state index is -0.539. The van der Waals surface area contributed by atoms with Gasteiger partial charge < -0.3 is 20.1 Å². The van der Waals surface area contributed by atoms with Crippen molar-refractivity contribution < 1.29 is 23.5 Å². The number of carbonyl (C=O) groups excluding carboxylic acids is 2. The number of para-hydroxylation sites is 1. The molecule has 1 saturated carbocycles. The fourth-order valence-corrected chi connectivity index (χ4v) is 4.34. The SMILES string of the molecule is CC1(C)Cc2cccc(OCC(=O)Nc3ccc(F)c(NC(=O)C4CCCCC4)c3)c2O1. The van der Waals surface area contributed by atoms with Crippen LogP contribution in [0, 0.1) is 11.7 Å². The average Bonchev–Trinajstić information content (AvgIpc) is 3.09. The first-order chi connectivity index (χ1) is 15.3. The Labute approximate surface area is 187 Å². The Kier molecular flexibility index (Phi) is 6.35. The standard InChI is InChI=1S/C25H29FN2O4/c1-25(2)14-17-9-6-10-21(23(17)32-25)31-15-22(29)27-18-11-12-19(26)20(13-18)28-24(30)16-7-4-3-5-8-16/h6,9-13,16H,3-5,7-8,14-15H2,1-2H3,(H,27,29)(H,28,30). The van der Waals surface area contributed by atoms with Crippen LogP contribution >= 0.6 is 0 Å². The van der Waals surface area contributed by atoms with Crippen LogP contribution in [0.3, 0.4) is 0 Å². The quantitative estimate of drug-likeness (QED) is 0.657. The molecule has 2 aliphatic rings. The van der Waals surface area contributed by atoms with Gasteiger partial charge in [0.05, 0.1) is 5.69 Å². The molecule has 1 heterocycles. The molecule has 7 heteroatoms. The number of hydrogen-bond donors (Lipinski definition) is 2. The Hall–Kier alpha value is -3.09. The highest BCUT2D eigenvalue weighted by atomic mass is 19.1. The number of fused-ring (bicyclic) bond motifs is 1. The van der Waals surface area contributed by atoms with E-state index in [0.29, 0.717) is 17.2 Å². The molecule has 1 aliphatic carbocycles. The van der Waals surface area contributed by atoms with Crippen molar-refractivity contribution in [1.29, 1.82) is 0 Å². The molecule has 2 aromatic carbocycles. The zero-order valence-electron chi connectivity index (χ0n) is 18.5. The van der Waals surface area contributed by atoms with Gasteiger partial charge in [0, 0.05) is 23.6 Å². The third kappa shape index (κ3) is 5.21. The van der Waals surface area contributed by atoms with Crippen LogP contribution in [-0.2, 0) is 16.0 Å². The molecule has 2 N–H and O–H groups in total. The number of hydrogen-bond acceptors (Lipinski definition) is 4. The van der Waals surface area contributed by atoms with Gasteiger partial charge in [-0.05, 0) is 51.0 Å². The van der Waals surface area contributed by atoms with Crippen molar-refractivity contribution in [3.8, 4) is 11.5 Å². The molecule has 2 amide bonds. The Morgan fingerprint density at radius 3 is 2.69 bits per heavy atom. The third-order valence-corrected chi connectivity index (χ3v) is 5.90. The van der Waals surface area contributed by atoms with Crippen molar-refractivity contribution in [3.63, 3.8) is 0 Å². The number of carbonyl (C=O) groups is 2. The molecule has 170 valence electrons. The van der Waals surface area contributed by atoms with E-state index in [1.807, 2.05) is 26.0 Å². The summed E-state index contributed by atoms with van der Waals surface area (Å²) in [4.78, 5) is 24.9. The minimum Gasteiger partial charge on any atom is -0.483 e. The molecular formula is C25H29FN2O4. The van der Waals surface area contributed by atoms with Crippen LogP contribution in [-0.4, -0.2) is 24.0 Å². The summed E-state index contributed by atoms with van der Waals surface area (Å²) >= 11 is 0. The normalized spacial score (nSPS) is 17.2. The van der Waals surface area contributed by atoms with E-state index in [1.54, 1.807) is 6.07 Å². The van der Waals surface area contributed by atoms with Gasteiger partial charge in [-0.15, -0.1) is 0 Å². The van der Waals surface area contributed by atoms with E-state index >= 15 is 0 Å². The van der Waals surface area contributed by atoms with E-state index in [9.17, 15) is 14.0 Å². The first kappa shape index (κ1) is 22.1. The maximum absolute atomic E-state index is 14.2. The third-order valence-electron chi connectivity index (χ3n) is 5.90.